The van der Waals surface area contributed by atoms with Crippen molar-refractivity contribution in [1.29, 1.82) is 0 Å². The normalized spacial score (nSPS) is 18.8. The zero-order valence-electron chi connectivity index (χ0n) is 9.35. The summed E-state index contributed by atoms with van der Waals surface area (Å²) in [4.78, 5) is 0. The van der Waals surface area contributed by atoms with Gasteiger partial charge in [-0.3, -0.25) is 0 Å². The predicted octanol–water partition coefficient (Wildman–Crippen LogP) is 3.06. The molecule has 3 atom stereocenters. The zero-order chi connectivity index (χ0) is 9.56. The highest BCUT2D eigenvalue weighted by atomic mass is 14.9. The van der Waals surface area contributed by atoms with E-state index in [1.165, 1.54) is 12.8 Å². The standard InChI is InChI=1S/C11H25N/c1-6-9(3)8-10(4)11(5)12-7-2/h9-12H,6-8H2,1-5H3. The zero-order valence-corrected chi connectivity index (χ0v) is 9.35. The molecule has 0 amide bonds. The highest BCUT2D eigenvalue weighted by molar-refractivity contribution is 4.69. The van der Waals surface area contributed by atoms with E-state index >= 15 is 0 Å². The van der Waals surface area contributed by atoms with Crippen molar-refractivity contribution in [1.82, 2.24) is 5.32 Å². The van der Waals surface area contributed by atoms with Crippen molar-refractivity contribution in [2.45, 2.75) is 53.5 Å². The van der Waals surface area contributed by atoms with Crippen LogP contribution in [0.15, 0.2) is 0 Å². The van der Waals surface area contributed by atoms with Crippen LogP contribution in [-0.4, -0.2) is 12.6 Å². The van der Waals surface area contributed by atoms with Gasteiger partial charge in [-0.05, 0) is 31.7 Å². The average molecular weight is 171 g/mol. The molecule has 0 saturated carbocycles. The molecule has 1 N–H and O–H groups in total. The molecule has 0 aliphatic rings. The molecule has 1 heteroatoms. The lowest BCUT2D eigenvalue weighted by atomic mass is 9.91. The first-order valence-electron chi connectivity index (χ1n) is 5.35. The molecule has 0 saturated heterocycles. The lowest BCUT2D eigenvalue weighted by Crippen LogP contribution is -2.32. The summed E-state index contributed by atoms with van der Waals surface area (Å²) in [5.74, 6) is 1.68. The quantitative estimate of drug-likeness (QED) is 0.647. The molecule has 0 aliphatic carbocycles. The summed E-state index contributed by atoms with van der Waals surface area (Å²) in [5, 5.41) is 3.47. The molecule has 0 aliphatic heterocycles. The Hall–Kier alpha value is -0.0400. The molecule has 0 fully saturated rings. The summed E-state index contributed by atoms with van der Waals surface area (Å²) >= 11 is 0. The maximum Gasteiger partial charge on any atom is 0.00643 e. The summed E-state index contributed by atoms with van der Waals surface area (Å²) in [5.41, 5.74) is 0. The van der Waals surface area contributed by atoms with Gasteiger partial charge in [-0.15, -0.1) is 0 Å². The Balaban J connectivity index is 3.62. The van der Waals surface area contributed by atoms with Crippen LogP contribution >= 0.6 is 0 Å². The summed E-state index contributed by atoms with van der Waals surface area (Å²) in [6.45, 7) is 12.5. The van der Waals surface area contributed by atoms with E-state index in [-0.39, 0.29) is 0 Å². The maximum atomic E-state index is 3.47. The molecule has 0 bridgehead atoms. The van der Waals surface area contributed by atoms with Crippen molar-refractivity contribution in [3.05, 3.63) is 0 Å². The van der Waals surface area contributed by atoms with E-state index in [9.17, 15) is 0 Å². The molecule has 0 rings (SSSR count). The highest BCUT2D eigenvalue weighted by Gasteiger charge is 2.13. The first-order valence-corrected chi connectivity index (χ1v) is 5.35. The van der Waals surface area contributed by atoms with Crippen LogP contribution in [0.2, 0.25) is 0 Å². The van der Waals surface area contributed by atoms with Crippen LogP contribution in [-0.2, 0) is 0 Å². The molecule has 3 unspecified atom stereocenters. The average Bonchev–Trinajstić information content (AvgIpc) is 2.04. The monoisotopic (exact) mass is 171 g/mol. The molecule has 0 aromatic heterocycles. The topological polar surface area (TPSA) is 12.0 Å². The van der Waals surface area contributed by atoms with Gasteiger partial charge in [-0.25, -0.2) is 0 Å². The fourth-order valence-corrected chi connectivity index (χ4v) is 1.53. The molecule has 0 spiro atoms. The third-order valence-electron chi connectivity index (χ3n) is 2.85. The fourth-order valence-electron chi connectivity index (χ4n) is 1.53. The molecule has 0 aromatic carbocycles. The van der Waals surface area contributed by atoms with Crippen molar-refractivity contribution in [3.63, 3.8) is 0 Å². The van der Waals surface area contributed by atoms with Gasteiger partial charge in [0.15, 0.2) is 0 Å². The van der Waals surface area contributed by atoms with Crippen LogP contribution in [0.1, 0.15) is 47.5 Å². The molecular formula is C11H25N. The van der Waals surface area contributed by atoms with Crippen LogP contribution in [0, 0.1) is 11.8 Å². The Labute approximate surface area is 77.9 Å². The second kappa shape index (κ2) is 6.47. The van der Waals surface area contributed by atoms with Gasteiger partial charge in [0.1, 0.15) is 0 Å². The van der Waals surface area contributed by atoms with Crippen molar-refractivity contribution >= 4 is 0 Å². The summed E-state index contributed by atoms with van der Waals surface area (Å²) in [7, 11) is 0. The van der Waals surface area contributed by atoms with Gasteiger partial charge in [0.05, 0.1) is 0 Å². The number of hydrogen-bond donors (Lipinski definition) is 1. The molecule has 74 valence electrons. The third kappa shape index (κ3) is 4.76. The summed E-state index contributed by atoms with van der Waals surface area (Å²) < 4.78 is 0. The number of rotatable bonds is 6. The van der Waals surface area contributed by atoms with Crippen molar-refractivity contribution in [3.8, 4) is 0 Å². The van der Waals surface area contributed by atoms with Gasteiger partial charge in [-0.1, -0.05) is 34.1 Å². The maximum absolute atomic E-state index is 3.47. The molecule has 0 heterocycles. The largest absolute Gasteiger partial charge is 0.314 e. The van der Waals surface area contributed by atoms with E-state index in [0.29, 0.717) is 6.04 Å². The first kappa shape index (κ1) is 12.0. The summed E-state index contributed by atoms with van der Waals surface area (Å²) in [6.07, 6.45) is 2.66. The number of nitrogens with one attached hydrogen (secondary N) is 1. The van der Waals surface area contributed by atoms with Crippen LogP contribution in [0.4, 0.5) is 0 Å². The van der Waals surface area contributed by atoms with Crippen molar-refractivity contribution in [2.24, 2.45) is 11.8 Å². The van der Waals surface area contributed by atoms with E-state index in [1.807, 2.05) is 0 Å². The van der Waals surface area contributed by atoms with Crippen LogP contribution in [0.5, 0.6) is 0 Å². The summed E-state index contributed by atoms with van der Waals surface area (Å²) in [6, 6.07) is 0.670. The fraction of sp³-hybridized carbons (Fsp3) is 1.00. The lowest BCUT2D eigenvalue weighted by Gasteiger charge is -2.23. The Bertz CT molecular complexity index is 101. The van der Waals surface area contributed by atoms with E-state index in [4.69, 9.17) is 0 Å². The van der Waals surface area contributed by atoms with Gasteiger partial charge < -0.3 is 5.32 Å². The second-order valence-corrected chi connectivity index (χ2v) is 4.07. The minimum Gasteiger partial charge on any atom is -0.314 e. The Kier molecular flexibility index (Phi) is 6.45. The Morgan fingerprint density at radius 3 is 2.08 bits per heavy atom. The Morgan fingerprint density at radius 1 is 1.08 bits per heavy atom. The molecule has 0 aromatic rings. The van der Waals surface area contributed by atoms with Gasteiger partial charge in [0.25, 0.3) is 0 Å². The SMILES string of the molecule is CCNC(C)C(C)CC(C)CC. The minimum atomic E-state index is 0.670. The van der Waals surface area contributed by atoms with Gasteiger partial charge in [0, 0.05) is 6.04 Å². The van der Waals surface area contributed by atoms with Gasteiger partial charge in [0.2, 0.25) is 0 Å². The highest BCUT2D eigenvalue weighted by Crippen LogP contribution is 2.17. The van der Waals surface area contributed by atoms with Gasteiger partial charge >= 0.3 is 0 Å². The molecular weight excluding hydrogens is 146 g/mol. The lowest BCUT2D eigenvalue weighted by molar-refractivity contribution is 0.329. The predicted molar refractivity (Wildman–Crippen MR) is 56.4 cm³/mol. The Morgan fingerprint density at radius 2 is 1.67 bits per heavy atom. The smallest absolute Gasteiger partial charge is 0.00643 e. The third-order valence-corrected chi connectivity index (χ3v) is 2.85. The van der Waals surface area contributed by atoms with Crippen LogP contribution < -0.4 is 5.32 Å². The van der Waals surface area contributed by atoms with Crippen molar-refractivity contribution < 1.29 is 0 Å². The van der Waals surface area contributed by atoms with E-state index < -0.39 is 0 Å². The van der Waals surface area contributed by atoms with Crippen molar-refractivity contribution in [2.75, 3.05) is 6.54 Å². The molecule has 1 nitrogen and oxygen atoms in total. The molecule has 0 radical (unpaired) electrons. The van der Waals surface area contributed by atoms with Gasteiger partial charge in [-0.2, -0.15) is 0 Å². The first-order chi connectivity index (χ1) is 5.61. The second-order valence-electron chi connectivity index (χ2n) is 4.07. The van der Waals surface area contributed by atoms with Crippen LogP contribution in [0.3, 0.4) is 0 Å². The van der Waals surface area contributed by atoms with E-state index in [1.54, 1.807) is 0 Å². The minimum absolute atomic E-state index is 0.670. The van der Waals surface area contributed by atoms with Crippen LogP contribution in [0.25, 0.3) is 0 Å². The number of hydrogen-bond acceptors (Lipinski definition) is 1. The molecule has 12 heavy (non-hydrogen) atoms. The van der Waals surface area contributed by atoms with E-state index in [2.05, 4.69) is 39.9 Å². The van der Waals surface area contributed by atoms with E-state index in [0.717, 1.165) is 18.4 Å².